The maximum Gasteiger partial charge on any atom is 0.332 e. The lowest BCUT2D eigenvalue weighted by Crippen LogP contribution is -2.40. The van der Waals surface area contributed by atoms with E-state index in [4.69, 9.17) is 5.73 Å². The lowest BCUT2D eigenvalue weighted by atomic mass is 10.0. The van der Waals surface area contributed by atoms with Crippen LogP contribution >= 0.6 is 22.7 Å². The zero-order valence-corrected chi connectivity index (χ0v) is 21.6. The monoisotopic (exact) mass is 511 g/mol. The van der Waals surface area contributed by atoms with Gasteiger partial charge in [0.25, 0.3) is 5.56 Å². The van der Waals surface area contributed by atoms with Gasteiger partial charge in [-0.2, -0.15) is 0 Å². The Morgan fingerprint density at radius 3 is 2.51 bits per heavy atom. The summed E-state index contributed by atoms with van der Waals surface area (Å²) in [4.78, 5) is 60.3. The second-order valence-corrected chi connectivity index (χ2v) is 10.2. The molecular formula is C24H25N5O4S2. The van der Waals surface area contributed by atoms with Crippen LogP contribution in [0, 0.1) is 13.8 Å². The van der Waals surface area contributed by atoms with E-state index in [9.17, 15) is 19.2 Å². The Hall–Kier alpha value is -3.57. The van der Waals surface area contributed by atoms with Crippen LogP contribution in [0.1, 0.15) is 57.2 Å². The number of nitrogen functional groups attached to an aromatic ring is 1. The molecule has 0 bridgehead atoms. The number of hydrogen-bond acceptors (Lipinski definition) is 8. The molecule has 4 heterocycles. The first kappa shape index (κ1) is 24.6. The number of hydrogen-bond donors (Lipinski definition) is 2. The minimum atomic E-state index is -0.573. The topological polar surface area (TPSA) is 133 Å². The number of aromatic nitrogens is 4. The van der Waals surface area contributed by atoms with Crippen molar-refractivity contribution >= 4 is 40.1 Å². The minimum absolute atomic E-state index is 0.0243. The maximum absolute atomic E-state index is 13.7. The average molecular weight is 512 g/mol. The van der Waals surface area contributed by atoms with Crippen LogP contribution in [-0.4, -0.2) is 30.7 Å². The molecule has 9 nitrogen and oxygen atoms in total. The van der Waals surface area contributed by atoms with E-state index in [1.54, 1.807) is 13.8 Å². The zero-order chi connectivity index (χ0) is 25.6. The number of nitrogens with two attached hydrogens (primary N) is 1. The Kier molecular flexibility index (Phi) is 6.48. The molecule has 4 rings (SSSR count). The normalized spacial score (nSPS) is 11.2. The third kappa shape index (κ3) is 4.00. The van der Waals surface area contributed by atoms with Crippen LogP contribution in [0.4, 0.5) is 5.82 Å². The van der Waals surface area contributed by atoms with Gasteiger partial charge in [-0.15, -0.1) is 22.7 Å². The van der Waals surface area contributed by atoms with Gasteiger partial charge in [0.2, 0.25) is 5.78 Å². The smallest absolute Gasteiger partial charge is 0.332 e. The van der Waals surface area contributed by atoms with E-state index in [0.717, 1.165) is 20.8 Å². The van der Waals surface area contributed by atoms with Gasteiger partial charge in [0.1, 0.15) is 27.0 Å². The molecular weight excluding hydrogens is 486 g/mol. The summed E-state index contributed by atoms with van der Waals surface area (Å²) in [7, 11) is 1.40. The molecule has 0 fully saturated rings. The van der Waals surface area contributed by atoms with E-state index in [2.05, 4.69) is 9.97 Å². The third-order valence-electron chi connectivity index (χ3n) is 5.85. The quantitative estimate of drug-likeness (QED) is 0.363. The summed E-state index contributed by atoms with van der Waals surface area (Å²) < 4.78 is 2.36. The Bertz CT molecular complexity index is 1590. The maximum atomic E-state index is 13.7. The molecule has 35 heavy (non-hydrogen) atoms. The second-order valence-electron chi connectivity index (χ2n) is 8.24. The minimum Gasteiger partial charge on any atom is -0.384 e. The summed E-state index contributed by atoms with van der Waals surface area (Å²) in [6.45, 7) is 7.19. The van der Waals surface area contributed by atoms with Crippen LogP contribution in [-0.2, 0) is 13.6 Å². The van der Waals surface area contributed by atoms with E-state index in [1.807, 2.05) is 24.4 Å². The van der Waals surface area contributed by atoms with Crippen molar-refractivity contribution in [3.8, 4) is 21.1 Å². The van der Waals surface area contributed by atoms with Crippen molar-refractivity contribution in [3.05, 3.63) is 65.7 Å². The number of aryl methyl sites for hydroxylation is 1. The first-order valence-corrected chi connectivity index (χ1v) is 12.7. The van der Waals surface area contributed by atoms with Crippen molar-refractivity contribution < 1.29 is 9.59 Å². The van der Waals surface area contributed by atoms with Crippen LogP contribution in [0.5, 0.6) is 0 Å². The van der Waals surface area contributed by atoms with E-state index in [1.165, 1.54) is 29.9 Å². The van der Waals surface area contributed by atoms with E-state index in [-0.39, 0.29) is 28.0 Å². The lowest BCUT2D eigenvalue weighted by molar-refractivity contribution is 0.101. The predicted molar refractivity (Wildman–Crippen MR) is 139 cm³/mol. The molecule has 0 saturated carbocycles. The molecule has 182 valence electrons. The molecule has 0 radical (unpaired) electrons. The number of anilines is 1. The molecule has 4 aromatic heterocycles. The summed E-state index contributed by atoms with van der Waals surface area (Å²) in [5.74, 6) is -0.438. The fourth-order valence-corrected chi connectivity index (χ4v) is 6.06. The Labute approximate surface area is 208 Å². The van der Waals surface area contributed by atoms with Crippen molar-refractivity contribution in [2.45, 2.75) is 40.7 Å². The molecule has 0 amide bonds. The number of aromatic amines is 1. The van der Waals surface area contributed by atoms with Gasteiger partial charge in [0.15, 0.2) is 5.78 Å². The van der Waals surface area contributed by atoms with E-state index >= 15 is 0 Å². The van der Waals surface area contributed by atoms with E-state index in [0.29, 0.717) is 46.1 Å². The van der Waals surface area contributed by atoms with Crippen molar-refractivity contribution in [2.75, 3.05) is 5.73 Å². The zero-order valence-electron chi connectivity index (χ0n) is 20.0. The third-order valence-corrected chi connectivity index (χ3v) is 7.80. The molecule has 0 spiro atoms. The van der Waals surface area contributed by atoms with Gasteiger partial charge in [-0.3, -0.25) is 23.5 Å². The molecule has 0 aliphatic heterocycles. The lowest BCUT2D eigenvalue weighted by Gasteiger charge is -2.13. The summed E-state index contributed by atoms with van der Waals surface area (Å²) in [5, 5.41) is 2.13. The highest BCUT2D eigenvalue weighted by molar-refractivity contribution is 7.18. The van der Waals surface area contributed by atoms with Crippen LogP contribution < -0.4 is 17.0 Å². The standard InChI is InChI=1S/C24H25N5O4S2/c1-6-9-29-21(25)16(23(32)28(5)24(29)33)22-27-18(14-8-7-10-34-14)20(35-22)19(31)17-11(2)15(13(4)30)12(3)26-17/h7-8,10,26H,6,9,25H2,1-5H3. The van der Waals surface area contributed by atoms with Crippen LogP contribution in [0.25, 0.3) is 21.1 Å². The summed E-state index contributed by atoms with van der Waals surface area (Å²) in [5.41, 5.74) is 7.72. The molecule has 4 aromatic rings. The molecule has 0 saturated heterocycles. The second kappa shape index (κ2) is 9.23. The summed E-state index contributed by atoms with van der Waals surface area (Å²) in [6.07, 6.45) is 0.647. The summed E-state index contributed by atoms with van der Waals surface area (Å²) >= 11 is 2.46. The van der Waals surface area contributed by atoms with Crippen molar-refractivity contribution in [1.29, 1.82) is 0 Å². The Morgan fingerprint density at radius 1 is 1.23 bits per heavy atom. The molecule has 0 aliphatic rings. The number of ketones is 2. The predicted octanol–water partition coefficient (Wildman–Crippen LogP) is 3.77. The Balaban J connectivity index is 1.98. The number of rotatable bonds is 7. The van der Waals surface area contributed by atoms with Crippen LogP contribution in [0.15, 0.2) is 27.1 Å². The van der Waals surface area contributed by atoms with Crippen molar-refractivity contribution in [1.82, 2.24) is 19.1 Å². The number of thiazole rings is 1. The largest absolute Gasteiger partial charge is 0.384 e. The van der Waals surface area contributed by atoms with Gasteiger partial charge in [0, 0.05) is 24.8 Å². The number of nitrogens with one attached hydrogen (secondary N) is 1. The molecule has 0 atom stereocenters. The average Bonchev–Trinajstić information content (AvgIpc) is 3.54. The van der Waals surface area contributed by atoms with Crippen LogP contribution in [0.2, 0.25) is 0 Å². The van der Waals surface area contributed by atoms with Gasteiger partial charge in [-0.25, -0.2) is 9.78 Å². The number of thiophene rings is 1. The van der Waals surface area contributed by atoms with Crippen molar-refractivity contribution in [3.63, 3.8) is 0 Å². The molecule has 0 unspecified atom stereocenters. The van der Waals surface area contributed by atoms with E-state index < -0.39 is 11.2 Å². The van der Waals surface area contributed by atoms with Gasteiger partial charge in [0.05, 0.1) is 10.6 Å². The van der Waals surface area contributed by atoms with Gasteiger partial charge >= 0.3 is 5.69 Å². The SMILES string of the molecule is CCCn1c(N)c(-c2nc(-c3cccs3)c(C(=O)c3[nH]c(C)c(C(C)=O)c3C)s2)c(=O)n(C)c1=O. The molecule has 3 N–H and O–H groups in total. The first-order chi connectivity index (χ1) is 16.6. The Morgan fingerprint density at radius 2 is 1.94 bits per heavy atom. The number of H-pyrrole nitrogens is 1. The van der Waals surface area contributed by atoms with Gasteiger partial charge in [-0.05, 0) is 44.2 Å². The van der Waals surface area contributed by atoms with Crippen molar-refractivity contribution in [2.24, 2.45) is 7.05 Å². The number of carbonyl (C=O) groups is 2. The number of carbonyl (C=O) groups excluding carboxylic acids is 2. The fraction of sp³-hybridized carbons (Fsp3) is 0.292. The highest BCUT2D eigenvalue weighted by Gasteiger charge is 2.29. The van der Waals surface area contributed by atoms with Crippen LogP contribution in [0.3, 0.4) is 0 Å². The van der Waals surface area contributed by atoms with Gasteiger partial charge < -0.3 is 10.7 Å². The van der Waals surface area contributed by atoms with Gasteiger partial charge in [-0.1, -0.05) is 13.0 Å². The summed E-state index contributed by atoms with van der Waals surface area (Å²) in [6, 6.07) is 3.69. The molecule has 11 heteroatoms. The molecule has 0 aromatic carbocycles. The highest BCUT2D eigenvalue weighted by atomic mass is 32.1. The first-order valence-electron chi connectivity index (χ1n) is 11.0. The number of nitrogens with zero attached hydrogens (tertiary/aromatic N) is 3. The highest BCUT2D eigenvalue weighted by Crippen LogP contribution is 2.38. The molecule has 0 aliphatic carbocycles. The number of Topliss-reactive ketones (excluding diaryl/α,β-unsaturated/α-hetero) is 1. The fourth-order valence-electron chi connectivity index (χ4n) is 4.20.